The molecule has 8 nitrogen and oxygen atoms in total. The summed E-state index contributed by atoms with van der Waals surface area (Å²) in [4.78, 5) is 42.6. The first-order valence-corrected chi connectivity index (χ1v) is 14.1. The van der Waals surface area contributed by atoms with Crippen molar-refractivity contribution in [3.8, 4) is 0 Å². The largest absolute Gasteiger partial charge is 0.396 e. The van der Waals surface area contributed by atoms with Crippen molar-refractivity contribution >= 4 is 47.2 Å². The maximum Gasteiger partial charge on any atom is 0.264 e. The molecule has 8 heteroatoms. The van der Waals surface area contributed by atoms with Gasteiger partial charge in [0.25, 0.3) is 5.91 Å². The second kappa shape index (κ2) is 12.9. The summed E-state index contributed by atoms with van der Waals surface area (Å²) in [6.07, 6.45) is 5.33. The quantitative estimate of drug-likeness (QED) is 0.170. The molecule has 1 heterocycles. The van der Waals surface area contributed by atoms with E-state index >= 15 is 0 Å². The van der Waals surface area contributed by atoms with Gasteiger partial charge in [-0.05, 0) is 66.6 Å². The molecule has 2 atom stereocenters. The van der Waals surface area contributed by atoms with Gasteiger partial charge in [0, 0.05) is 40.8 Å². The minimum atomic E-state index is -1.90. The molecule has 43 heavy (non-hydrogen) atoms. The van der Waals surface area contributed by atoms with Crippen molar-refractivity contribution in [1.29, 1.82) is 0 Å². The van der Waals surface area contributed by atoms with Gasteiger partial charge in [-0.3, -0.25) is 24.2 Å². The summed E-state index contributed by atoms with van der Waals surface area (Å²) in [6, 6.07) is 30.9. The van der Waals surface area contributed by atoms with E-state index in [9.17, 15) is 24.6 Å². The number of benzene rings is 4. The Balaban J connectivity index is 1.50. The van der Waals surface area contributed by atoms with Crippen molar-refractivity contribution in [3.63, 3.8) is 0 Å². The number of aliphatic hydroxyl groups is 2. The van der Waals surface area contributed by atoms with Crippen molar-refractivity contribution in [1.82, 2.24) is 0 Å². The van der Waals surface area contributed by atoms with E-state index in [0.29, 0.717) is 41.1 Å². The SMILES string of the molecule is C[C@@H](/C=C/CCO)[C@]1(O)C(=O)N(Cc2ccc(N(C=O)c3ccccc3)cc2)c2ccc(N(C=O)c3ccccc3)cc21. The average Bonchev–Trinajstić information content (AvgIpc) is 3.26. The van der Waals surface area contributed by atoms with Crippen molar-refractivity contribution < 1.29 is 24.6 Å². The van der Waals surface area contributed by atoms with Crippen LogP contribution in [0.3, 0.4) is 0 Å². The molecule has 0 unspecified atom stereocenters. The van der Waals surface area contributed by atoms with Gasteiger partial charge in [0.15, 0.2) is 5.60 Å². The average molecular weight is 576 g/mol. The van der Waals surface area contributed by atoms with Gasteiger partial charge in [-0.25, -0.2) is 0 Å². The lowest BCUT2D eigenvalue weighted by Crippen LogP contribution is -2.44. The lowest BCUT2D eigenvalue weighted by atomic mass is 9.82. The number of amides is 3. The Morgan fingerprint density at radius 1 is 0.791 bits per heavy atom. The van der Waals surface area contributed by atoms with Crippen LogP contribution >= 0.6 is 0 Å². The second-order valence-electron chi connectivity index (χ2n) is 10.4. The molecule has 0 bridgehead atoms. The normalized spacial score (nSPS) is 16.6. The molecule has 0 fully saturated rings. The minimum absolute atomic E-state index is 0.0460. The molecule has 1 aliphatic rings. The van der Waals surface area contributed by atoms with Crippen LogP contribution in [0.5, 0.6) is 0 Å². The van der Waals surface area contributed by atoms with Crippen molar-refractivity contribution in [3.05, 3.63) is 126 Å². The maximum atomic E-state index is 14.0. The Labute approximate surface area is 250 Å². The molecule has 0 radical (unpaired) electrons. The van der Waals surface area contributed by atoms with Gasteiger partial charge in [-0.15, -0.1) is 0 Å². The van der Waals surface area contributed by atoms with Gasteiger partial charge in [-0.2, -0.15) is 0 Å². The lowest BCUT2D eigenvalue weighted by molar-refractivity contribution is -0.139. The highest BCUT2D eigenvalue weighted by atomic mass is 16.3. The zero-order valence-corrected chi connectivity index (χ0v) is 23.8. The highest BCUT2D eigenvalue weighted by Gasteiger charge is 2.52. The molecule has 0 aliphatic carbocycles. The fourth-order valence-electron chi connectivity index (χ4n) is 5.42. The van der Waals surface area contributed by atoms with Gasteiger partial charge in [0.05, 0.1) is 12.2 Å². The summed E-state index contributed by atoms with van der Waals surface area (Å²) >= 11 is 0. The van der Waals surface area contributed by atoms with Crippen LogP contribution in [-0.4, -0.2) is 35.5 Å². The highest BCUT2D eigenvalue weighted by molar-refractivity contribution is 6.08. The molecule has 2 N–H and O–H groups in total. The van der Waals surface area contributed by atoms with Crippen LogP contribution in [-0.2, 0) is 26.5 Å². The van der Waals surface area contributed by atoms with Crippen LogP contribution in [0, 0.1) is 5.92 Å². The molecule has 4 aromatic carbocycles. The first-order valence-electron chi connectivity index (χ1n) is 14.1. The number of hydrogen-bond donors (Lipinski definition) is 2. The Morgan fingerprint density at radius 2 is 1.33 bits per heavy atom. The molecule has 3 amide bonds. The Hall–Kier alpha value is -5.05. The van der Waals surface area contributed by atoms with Crippen LogP contribution < -0.4 is 14.7 Å². The third kappa shape index (κ3) is 5.70. The number of nitrogens with zero attached hydrogens (tertiary/aromatic N) is 3. The number of rotatable bonds is 12. The molecule has 218 valence electrons. The van der Waals surface area contributed by atoms with E-state index in [4.69, 9.17) is 0 Å². The molecule has 1 aliphatic heterocycles. The Morgan fingerprint density at radius 3 is 1.88 bits per heavy atom. The molecule has 4 aromatic rings. The number of aliphatic hydroxyl groups excluding tert-OH is 1. The van der Waals surface area contributed by atoms with Crippen molar-refractivity contribution in [2.24, 2.45) is 5.92 Å². The lowest BCUT2D eigenvalue weighted by Gasteiger charge is -2.28. The third-order valence-electron chi connectivity index (χ3n) is 7.75. The monoisotopic (exact) mass is 575 g/mol. The smallest absolute Gasteiger partial charge is 0.264 e. The number of fused-ring (bicyclic) bond motifs is 1. The Bertz CT molecular complexity index is 1610. The molecular formula is C35H33N3O5. The van der Waals surface area contributed by atoms with Gasteiger partial charge >= 0.3 is 0 Å². The summed E-state index contributed by atoms with van der Waals surface area (Å²) in [5, 5.41) is 21.3. The van der Waals surface area contributed by atoms with E-state index in [1.165, 1.54) is 9.80 Å². The van der Waals surface area contributed by atoms with Gasteiger partial charge < -0.3 is 15.1 Å². The van der Waals surface area contributed by atoms with Gasteiger partial charge in [-0.1, -0.05) is 67.6 Å². The van der Waals surface area contributed by atoms with E-state index < -0.39 is 17.4 Å². The number of anilines is 5. The van der Waals surface area contributed by atoms with E-state index in [0.717, 1.165) is 17.7 Å². The van der Waals surface area contributed by atoms with Gasteiger partial charge in [0.2, 0.25) is 12.8 Å². The Kier molecular flexibility index (Phi) is 8.80. The van der Waals surface area contributed by atoms with E-state index in [-0.39, 0.29) is 13.2 Å². The summed E-state index contributed by atoms with van der Waals surface area (Å²) in [5.74, 6) is -1.11. The number of hydrogen-bond acceptors (Lipinski definition) is 5. The number of para-hydroxylation sites is 2. The van der Waals surface area contributed by atoms with Crippen LogP contribution in [0.15, 0.2) is 115 Å². The predicted molar refractivity (Wildman–Crippen MR) is 167 cm³/mol. The number of carbonyl (C=O) groups is 3. The van der Waals surface area contributed by atoms with E-state index in [2.05, 4.69) is 0 Å². The summed E-state index contributed by atoms with van der Waals surface area (Å²) in [6.45, 7) is 1.89. The van der Waals surface area contributed by atoms with Crippen LogP contribution in [0.25, 0.3) is 0 Å². The third-order valence-corrected chi connectivity index (χ3v) is 7.75. The summed E-state index contributed by atoms with van der Waals surface area (Å²) < 4.78 is 0. The molecule has 5 rings (SSSR count). The maximum absolute atomic E-state index is 14.0. The van der Waals surface area contributed by atoms with Gasteiger partial charge in [0.1, 0.15) is 0 Å². The van der Waals surface area contributed by atoms with E-state index in [1.54, 1.807) is 54.3 Å². The zero-order valence-electron chi connectivity index (χ0n) is 23.8. The minimum Gasteiger partial charge on any atom is -0.396 e. The fourth-order valence-corrected chi connectivity index (χ4v) is 5.42. The number of carbonyl (C=O) groups excluding carboxylic acids is 3. The van der Waals surface area contributed by atoms with Crippen LogP contribution in [0.1, 0.15) is 24.5 Å². The first kappa shape index (κ1) is 29.4. The fraction of sp³-hybridized carbons (Fsp3) is 0.171. The molecule has 0 saturated carbocycles. The summed E-state index contributed by atoms with van der Waals surface area (Å²) in [5.41, 5.74) is 2.42. The standard InChI is InChI=1S/C35H33N3O5/c1-26(10-8-9-21-39)35(43)32-22-31(38(25-41)29-13-6-3-7-14-29)19-20-33(32)36(34(35)42)23-27-15-17-30(18-16-27)37(24-40)28-11-4-2-5-12-28/h2-8,10-20,22,24-26,39,43H,9,21,23H2,1H3/b10-8+/t26-,35+/m0/s1. The first-order chi connectivity index (χ1) is 20.9. The van der Waals surface area contributed by atoms with Crippen LogP contribution in [0.4, 0.5) is 28.4 Å². The zero-order chi connectivity index (χ0) is 30.4. The predicted octanol–water partition coefficient (Wildman–Crippen LogP) is 5.58. The molecule has 0 aromatic heterocycles. The summed E-state index contributed by atoms with van der Waals surface area (Å²) in [7, 11) is 0. The van der Waals surface area contributed by atoms with Crippen molar-refractivity contribution in [2.45, 2.75) is 25.5 Å². The van der Waals surface area contributed by atoms with Crippen molar-refractivity contribution in [2.75, 3.05) is 21.3 Å². The molecular weight excluding hydrogens is 542 g/mol. The topological polar surface area (TPSA) is 101 Å². The highest BCUT2D eigenvalue weighted by Crippen LogP contribution is 2.47. The second-order valence-corrected chi connectivity index (χ2v) is 10.4. The van der Waals surface area contributed by atoms with E-state index in [1.807, 2.05) is 72.8 Å². The molecule has 0 spiro atoms. The molecule has 0 saturated heterocycles. The van der Waals surface area contributed by atoms with Crippen LogP contribution in [0.2, 0.25) is 0 Å².